The molecule has 0 fully saturated rings. The van der Waals surface area contributed by atoms with Crippen LogP contribution >= 0.6 is 0 Å². The zero-order valence-corrected chi connectivity index (χ0v) is 7.82. The minimum atomic E-state index is -0.795. The molecule has 0 saturated carbocycles. The summed E-state index contributed by atoms with van der Waals surface area (Å²) in [6.07, 6.45) is 0.0850. The molecule has 1 aromatic rings. The number of nitrogens with zero attached hydrogens (tertiary/aromatic N) is 1. The van der Waals surface area contributed by atoms with Gasteiger partial charge in [-0.2, -0.15) is 0 Å². The monoisotopic (exact) mass is 179 g/mol. The van der Waals surface area contributed by atoms with E-state index in [4.69, 9.17) is 5.11 Å². The van der Waals surface area contributed by atoms with Crippen LogP contribution in [0.25, 0.3) is 0 Å². The highest BCUT2D eigenvalue weighted by Crippen LogP contribution is 2.13. The molecule has 3 nitrogen and oxygen atoms in total. The van der Waals surface area contributed by atoms with Gasteiger partial charge in [0.15, 0.2) is 0 Å². The standard InChI is InChI=1S/C10H13NO2/c1-11(2)9-5-3-4-8(6-9)7-10(12)13/h3-6H,7H2,1-2H3,(H,12,13). The third-order valence-electron chi connectivity index (χ3n) is 1.78. The SMILES string of the molecule is CN(C)c1cccc(CC(=O)O)c1. The van der Waals surface area contributed by atoms with Crippen molar-refractivity contribution in [1.82, 2.24) is 0 Å². The molecule has 0 aromatic heterocycles. The summed E-state index contributed by atoms with van der Waals surface area (Å²) in [7, 11) is 3.86. The Morgan fingerprint density at radius 1 is 1.46 bits per heavy atom. The number of hydrogen-bond acceptors (Lipinski definition) is 2. The van der Waals surface area contributed by atoms with Gasteiger partial charge in [0.25, 0.3) is 0 Å². The molecule has 0 unspecified atom stereocenters. The van der Waals surface area contributed by atoms with E-state index in [9.17, 15) is 4.79 Å². The van der Waals surface area contributed by atoms with Gasteiger partial charge in [-0.15, -0.1) is 0 Å². The van der Waals surface area contributed by atoms with Crippen molar-refractivity contribution in [2.45, 2.75) is 6.42 Å². The fraction of sp³-hybridized carbons (Fsp3) is 0.300. The molecule has 1 aromatic carbocycles. The van der Waals surface area contributed by atoms with Crippen molar-refractivity contribution in [3.05, 3.63) is 29.8 Å². The molecule has 70 valence electrons. The van der Waals surface area contributed by atoms with E-state index in [2.05, 4.69) is 0 Å². The molecule has 0 spiro atoms. The number of carboxylic acid groups (broad SMARTS) is 1. The Morgan fingerprint density at radius 3 is 2.69 bits per heavy atom. The Bertz CT molecular complexity index is 308. The molecule has 0 aliphatic rings. The van der Waals surface area contributed by atoms with E-state index in [1.54, 1.807) is 0 Å². The van der Waals surface area contributed by atoms with E-state index in [1.165, 1.54) is 0 Å². The summed E-state index contributed by atoms with van der Waals surface area (Å²) >= 11 is 0. The van der Waals surface area contributed by atoms with Gasteiger partial charge in [-0.3, -0.25) is 4.79 Å². The van der Waals surface area contributed by atoms with Crippen molar-refractivity contribution in [3.63, 3.8) is 0 Å². The molecule has 0 bridgehead atoms. The maximum atomic E-state index is 10.4. The third-order valence-corrected chi connectivity index (χ3v) is 1.78. The van der Waals surface area contributed by atoms with E-state index >= 15 is 0 Å². The van der Waals surface area contributed by atoms with Gasteiger partial charge in [-0.1, -0.05) is 12.1 Å². The van der Waals surface area contributed by atoms with Crippen molar-refractivity contribution in [1.29, 1.82) is 0 Å². The highest BCUT2D eigenvalue weighted by atomic mass is 16.4. The van der Waals surface area contributed by atoms with E-state index in [1.807, 2.05) is 43.3 Å². The first-order chi connectivity index (χ1) is 6.09. The maximum absolute atomic E-state index is 10.4. The van der Waals surface area contributed by atoms with E-state index in [-0.39, 0.29) is 6.42 Å². The molecule has 0 heterocycles. The van der Waals surface area contributed by atoms with Crippen molar-refractivity contribution >= 4 is 11.7 Å². The topological polar surface area (TPSA) is 40.5 Å². The third kappa shape index (κ3) is 2.78. The average molecular weight is 179 g/mol. The summed E-state index contributed by atoms with van der Waals surface area (Å²) in [4.78, 5) is 12.4. The molecule has 3 heteroatoms. The number of rotatable bonds is 3. The smallest absolute Gasteiger partial charge is 0.307 e. The fourth-order valence-corrected chi connectivity index (χ4v) is 1.12. The Balaban J connectivity index is 2.85. The summed E-state index contributed by atoms with van der Waals surface area (Å²) in [5, 5.41) is 8.58. The summed E-state index contributed by atoms with van der Waals surface area (Å²) in [6.45, 7) is 0. The number of carbonyl (C=O) groups is 1. The lowest BCUT2D eigenvalue weighted by Crippen LogP contribution is -2.09. The van der Waals surface area contributed by atoms with E-state index in [0.29, 0.717) is 0 Å². The molecule has 13 heavy (non-hydrogen) atoms. The summed E-state index contributed by atoms with van der Waals surface area (Å²) in [5.41, 5.74) is 1.86. The highest BCUT2D eigenvalue weighted by Gasteiger charge is 2.01. The van der Waals surface area contributed by atoms with Crippen LogP contribution in [0.2, 0.25) is 0 Å². The second kappa shape index (κ2) is 3.94. The van der Waals surface area contributed by atoms with Gasteiger partial charge in [-0.05, 0) is 17.7 Å². The summed E-state index contributed by atoms with van der Waals surface area (Å²) in [5.74, 6) is -0.795. The maximum Gasteiger partial charge on any atom is 0.307 e. The van der Waals surface area contributed by atoms with Crippen molar-refractivity contribution in [2.75, 3.05) is 19.0 Å². The molecular weight excluding hydrogens is 166 g/mol. The first-order valence-corrected chi connectivity index (χ1v) is 4.07. The lowest BCUT2D eigenvalue weighted by atomic mass is 10.1. The molecule has 0 atom stereocenters. The fourth-order valence-electron chi connectivity index (χ4n) is 1.12. The Labute approximate surface area is 77.6 Å². The molecule has 1 rings (SSSR count). The van der Waals surface area contributed by atoms with Gasteiger partial charge in [0.1, 0.15) is 0 Å². The van der Waals surface area contributed by atoms with Gasteiger partial charge in [0.05, 0.1) is 6.42 Å². The van der Waals surface area contributed by atoms with Crippen LogP contribution in [0.15, 0.2) is 24.3 Å². The molecular formula is C10H13NO2. The Kier molecular flexibility index (Phi) is 2.90. The summed E-state index contributed by atoms with van der Waals surface area (Å²) < 4.78 is 0. The van der Waals surface area contributed by atoms with Gasteiger partial charge in [0, 0.05) is 19.8 Å². The van der Waals surface area contributed by atoms with Crippen molar-refractivity contribution in [2.24, 2.45) is 0 Å². The van der Waals surface area contributed by atoms with Crippen molar-refractivity contribution < 1.29 is 9.90 Å². The van der Waals surface area contributed by atoms with Gasteiger partial charge >= 0.3 is 5.97 Å². The Morgan fingerprint density at radius 2 is 2.15 bits per heavy atom. The molecule has 0 radical (unpaired) electrons. The Hall–Kier alpha value is -1.51. The largest absolute Gasteiger partial charge is 0.481 e. The zero-order valence-electron chi connectivity index (χ0n) is 7.82. The molecule has 0 amide bonds. The quantitative estimate of drug-likeness (QED) is 0.762. The second-order valence-corrected chi connectivity index (χ2v) is 3.13. The summed E-state index contributed by atoms with van der Waals surface area (Å²) in [6, 6.07) is 7.52. The van der Waals surface area contributed by atoms with Crippen molar-refractivity contribution in [3.8, 4) is 0 Å². The number of aliphatic carboxylic acids is 1. The van der Waals surface area contributed by atoms with Crippen LogP contribution in [0.3, 0.4) is 0 Å². The number of carboxylic acids is 1. The molecule has 0 saturated heterocycles. The highest BCUT2D eigenvalue weighted by molar-refractivity contribution is 5.70. The van der Waals surface area contributed by atoms with Crippen LogP contribution in [0.1, 0.15) is 5.56 Å². The normalized spacial score (nSPS) is 9.69. The predicted octanol–water partition coefficient (Wildman–Crippen LogP) is 1.38. The predicted molar refractivity (Wildman–Crippen MR) is 52.1 cm³/mol. The number of benzene rings is 1. The lowest BCUT2D eigenvalue weighted by molar-refractivity contribution is -0.136. The van der Waals surface area contributed by atoms with Crippen LogP contribution in [0.5, 0.6) is 0 Å². The number of hydrogen-bond donors (Lipinski definition) is 1. The molecule has 0 aliphatic carbocycles. The van der Waals surface area contributed by atoms with Crippen LogP contribution < -0.4 is 4.90 Å². The average Bonchev–Trinajstić information content (AvgIpc) is 2.03. The van der Waals surface area contributed by atoms with Crippen LogP contribution in [0, 0.1) is 0 Å². The molecule has 1 N–H and O–H groups in total. The van der Waals surface area contributed by atoms with Gasteiger partial charge in [-0.25, -0.2) is 0 Å². The van der Waals surface area contributed by atoms with Crippen LogP contribution in [-0.2, 0) is 11.2 Å². The van der Waals surface area contributed by atoms with E-state index < -0.39 is 5.97 Å². The number of anilines is 1. The van der Waals surface area contributed by atoms with Crippen LogP contribution in [-0.4, -0.2) is 25.2 Å². The zero-order chi connectivity index (χ0) is 9.84. The first-order valence-electron chi connectivity index (χ1n) is 4.07. The minimum Gasteiger partial charge on any atom is -0.481 e. The van der Waals surface area contributed by atoms with Gasteiger partial charge in [0.2, 0.25) is 0 Å². The lowest BCUT2D eigenvalue weighted by Gasteiger charge is -2.12. The van der Waals surface area contributed by atoms with Gasteiger partial charge < -0.3 is 10.0 Å². The second-order valence-electron chi connectivity index (χ2n) is 3.13. The van der Waals surface area contributed by atoms with E-state index in [0.717, 1.165) is 11.3 Å². The minimum absolute atomic E-state index is 0.0850. The molecule has 0 aliphatic heterocycles. The van der Waals surface area contributed by atoms with Crippen LogP contribution in [0.4, 0.5) is 5.69 Å². The first kappa shape index (κ1) is 9.58.